The molecule has 31 heavy (non-hydrogen) atoms. The molecule has 1 aliphatic heterocycles. The van der Waals surface area contributed by atoms with E-state index in [9.17, 15) is 13.2 Å². The molecule has 1 saturated heterocycles. The maximum atomic E-state index is 12.9. The predicted molar refractivity (Wildman–Crippen MR) is 120 cm³/mol. The maximum Gasteiger partial charge on any atom is 0.243 e. The molecule has 0 bridgehead atoms. The summed E-state index contributed by atoms with van der Waals surface area (Å²) in [5.74, 6) is 0.508. The van der Waals surface area contributed by atoms with Crippen molar-refractivity contribution in [3.63, 3.8) is 0 Å². The molecule has 2 unspecified atom stereocenters. The van der Waals surface area contributed by atoms with Gasteiger partial charge in [-0.3, -0.25) is 4.79 Å². The van der Waals surface area contributed by atoms with Crippen LogP contribution in [0.4, 0.5) is 5.95 Å². The van der Waals surface area contributed by atoms with E-state index in [-0.39, 0.29) is 22.8 Å². The van der Waals surface area contributed by atoms with Crippen LogP contribution in [0.1, 0.15) is 45.2 Å². The van der Waals surface area contributed by atoms with Crippen molar-refractivity contribution in [3.05, 3.63) is 48.3 Å². The molecule has 1 aromatic heterocycles. The average Bonchev–Trinajstić information content (AvgIpc) is 2.80. The second-order valence-electron chi connectivity index (χ2n) is 7.72. The summed E-state index contributed by atoms with van der Waals surface area (Å²) in [6.45, 7) is 7.84. The zero-order valence-corrected chi connectivity index (χ0v) is 19.2. The van der Waals surface area contributed by atoms with Crippen molar-refractivity contribution in [2.45, 2.75) is 44.6 Å². The highest BCUT2D eigenvalue weighted by molar-refractivity contribution is 7.89. The zero-order valence-electron chi connectivity index (χ0n) is 18.4. The number of nitrogens with one attached hydrogen (secondary N) is 1. The molecule has 0 spiro atoms. The van der Waals surface area contributed by atoms with Gasteiger partial charge in [0.1, 0.15) is 0 Å². The summed E-state index contributed by atoms with van der Waals surface area (Å²) in [5.41, 5.74) is 0.867. The first kappa shape index (κ1) is 23.1. The Balaban J connectivity index is 1.63. The standard InChI is InChI=1S/C22H31N5O3S/c1-4-27(5-2)31(29,30)20-11-9-18(10-12-20)17(3)25-21(28)19-8-6-15-26(16-19)22-23-13-7-14-24-22/h7,9-14,17,19H,4-6,8,15-16H2,1-3H3,(H,25,28). The van der Waals surface area contributed by atoms with Gasteiger partial charge in [0, 0.05) is 38.6 Å². The maximum absolute atomic E-state index is 12.9. The third-order valence-electron chi connectivity index (χ3n) is 5.71. The average molecular weight is 446 g/mol. The van der Waals surface area contributed by atoms with Crippen molar-refractivity contribution < 1.29 is 13.2 Å². The van der Waals surface area contributed by atoms with E-state index in [2.05, 4.69) is 15.3 Å². The van der Waals surface area contributed by atoms with Crippen LogP contribution in [0.2, 0.25) is 0 Å². The number of amides is 1. The van der Waals surface area contributed by atoms with Crippen LogP contribution in [0, 0.1) is 5.92 Å². The summed E-state index contributed by atoms with van der Waals surface area (Å²) in [5, 5.41) is 3.07. The summed E-state index contributed by atoms with van der Waals surface area (Å²) in [6, 6.07) is 8.32. The number of aromatic nitrogens is 2. The fourth-order valence-corrected chi connectivity index (χ4v) is 5.34. The van der Waals surface area contributed by atoms with E-state index < -0.39 is 10.0 Å². The Morgan fingerprint density at radius 2 is 1.84 bits per heavy atom. The van der Waals surface area contributed by atoms with Crippen LogP contribution in [0.15, 0.2) is 47.6 Å². The number of hydrogen-bond acceptors (Lipinski definition) is 6. The van der Waals surface area contributed by atoms with Crippen LogP contribution >= 0.6 is 0 Å². The Morgan fingerprint density at radius 3 is 2.45 bits per heavy atom. The van der Waals surface area contributed by atoms with Crippen LogP contribution < -0.4 is 10.2 Å². The number of nitrogens with zero attached hydrogens (tertiary/aromatic N) is 4. The molecule has 1 amide bonds. The molecule has 2 atom stereocenters. The molecule has 2 aromatic rings. The minimum Gasteiger partial charge on any atom is -0.349 e. The number of anilines is 1. The number of rotatable bonds is 8. The van der Waals surface area contributed by atoms with Gasteiger partial charge in [0.05, 0.1) is 16.9 Å². The molecule has 8 nitrogen and oxygen atoms in total. The summed E-state index contributed by atoms with van der Waals surface area (Å²) in [4.78, 5) is 23.8. The Hall–Kier alpha value is -2.52. The lowest BCUT2D eigenvalue weighted by molar-refractivity contribution is -0.125. The van der Waals surface area contributed by atoms with Crippen LogP contribution in [0.3, 0.4) is 0 Å². The molecular weight excluding hydrogens is 414 g/mol. The zero-order chi connectivity index (χ0) is 22.4. The first-order chi connectivity index (χ1) is 14.9. The van der Waals surface area contributed by atoms with Gasteiger partial charge in [-0.2, -0.15) is 4.31 Å². The summed E-state index contributed by atoms with van der Waals surface area (Å²) in [6.07, 6.45) is 5.14. The molecule has 0 radical (unpaired) electrons. The first-order valence-electron chi connectivity index (χ1n) is 10.8. The van der Waals surface area contributed by atoms with E-state index in [0.717, 1.165) is 24.9 Å². The van der Waals surface area contributed by atoms with E-state index in [0.29, 0.717) is 25.6 Å². The summed E-state index contributed by atoms with van der Waals surface area (Å²) < 4.78 is 26.7. The second kappa shape index (κ2) is 10.2. The number of benzene rings is 1. The number of sulfonamides is 1. The Morgan fingerprint density at radius 1 is 1.19 bits per heavy atom. The fourth-order valence-electron chi connectivity index (χ4n) is 3.88. The van der Waals surface area contributed by atoms with Crippen LogP contribution in [0.25, 0.3) is 0 Å². The highest BCUT2D eigenvalue weighted by Crippen LogP contribution is 2.23. The molecule has 168 valence electrons. The normalized spacial score (nSPS) is 18.1. The van der Waals surface area contributed by atoms with Crippen LogP contribution in [-0.4, -0.2) is 54.8 Å². The van der Waals surface area contributed by atoms with E-state index in [4.69, 9.17) is 0 Å². The van der Waals surface area contributed by atoms with Crippen molar-refractivity contribution in [2.24, 2.45) is 5.92 Å². The van der Waals surface area contributed by atoms with Gasteiger partial charge in [-0.1, -0.05) is 26.0 Å². The molecule has 0 saturated carbocycles. The minimum atomic E-state index is -3.49. The van der Waals surface area contributed by atoms with Gasteiger partial charge in [0.2, 0.25) is 21.9 Å². The second-order valence-corrected chi connectivity index (χ2v) is 9.66. The molecule has 1 fully saturated rings. The molecule has 3 rings (SSSR count). The summed E-state index contributed by atoms with van der Waals surface area (Å²) >= 11 is 0. The quantitative estimate of drug-likeness (QED) is 0.671. The SMILES string of the molecule is CCN(CC)S(=O)(=O)c1ccc(C(C)NC(=O)C2CCCN(c3ncccn3)C2)cc1. The molecule has 0 aliphatic carbocycles. The van der Waals surface area contributed by atoms with Crippen molar-refractivity contribution in [1.29, 1.82) is 0 Å². The lowest BCUT2D eigenvalue weighted by atomic mass is 9.96. The van der Waals surface area contributed by atoms with Gasteiger partial charge < -0.3 is 10.2 Å². The first-order valence-corrected chi connectivity index (χ1v) is 12.2. The number of carbonyl (C=O) groups excluding carboxylic acids is 1. The van der Waals surface area contributed by atoms with E-state index in [1.54, 1.807) is 42.7 Å². The largest absolute Gasteiger partial charge is 0.349 e. The van der Waals surface area contributed by atoms with E-state index in [1.165, 1.54) is 4.31 Å². The third-order valence-corrected chi connectivity index (χ3v) is 7.77. The van der Waals surface area contributed by atoms with Gasteiger partial charge >= 0.3 is 0 Å². The van der Waals surface area contributed by atoms with Crippen molar-refractivity contribution >= 4 is 21.9 Å². The highest BCUT2D eigenvalue weighted by Gasteiger charge is 2.28. The lowest BCUT2D eigenvalue weighted by Gasteiger charge is -2.32. The third kappa shape index (κ3) is 5.40. The minimum absolute atomic E-state index is 0.00651. The smallest absolute Gasteiger partial charge is 0.243 e. The Kier molecular flexibility index (Phi) is 7.61. The van der Waals surface area contributed by atoms with Crippen LogP contribution in [0.5, 0.6) is 0 Å². The molecule has 1 aromatic carbocycles. The van der Waals surface area contributed by atoms with Gasteiger partial charge in [-0.15, -0.1) is 0 Å². The Labute approximate surface area is 184 Å². The highest BCUT2D eigenvalue weighted by atomic mass is 32.2. The lowest BCUT2D eigenvalue weighted by Crippen LogP contribution is -2.44. The molecule has 1 aliphatic rings. The fraction of sp³-hybridized carbons (Fsp3) is 0.500. The topological polar surface area (TPSA) is 95.5 Å². The van der Waals surface area contributed by atoms with Crippen LogP contribution in [-0.2, 0) is 14.8 Å². The molecule has 2 heterocycles. The van der Waals surface area contributed by atoms with E-state index >= 15 is 0 Å². The van der Waals surface area contributed by atoms with Gasteiger partial charge in [0.25, 0.3) is 0 Å². The number of hydrogen-bond donors (Lipinski definition) is 1. The number of piperidine rings is 1. The van der Waals surface area contributed by atoms with Crippen molar-refractivity contribution in [3.8, 4) is 0 Å². The Bertz CT molecular complexity index is 962. The molecule has 9 heteroatoms. The van der Waals surface area contributed by atoms with Crippen molar-refractivity contribution in [1.82, 2.24) is 19.6 Å². The van der Waals surface area contributed by atoms with Gasteiger partial charge in [-0.05, 0) is 43.5 Å². The van der Waals surface area contributed by atoms with Gasteiger partial charge in [-0.25, -0.2) is 18.4 Å². The summed E-state index contributed by atoms with van der Waals surface area (Å²) in [7, 11) is -3.49. The monoisotopic (exact) mass is 445 g/mol. The number of carbonyl (C=O) groups is 1. The van der Waals surface area contributed by atoms with Crippen molar-refractivity contribution in [2.75, 3.05) is 31.1 Å². The molecule has 1 N–H and O–H groups in total. The van der Waals surface area contributed by atoms with E-state index in [1.807, 2.05) is 25.7 Å². The predicted octanol–water partition coefficient (Wildman–Crippen LogP) is 2.60. The molecular formula is C22H31N5O3S. The van der Waals surface area contributed by atoms with Gasteiger partial charge in [0.15, 0.2) is 0 Å².